The van der Waals surface area contributed by atoms with Crippen LogP contribution in [-0.2, 0) is 21.3 Å². The lowest BCUT2D eigenvalue weighted by atomic mass is 10.5. The van der Waals surface area contributed by atoms with Gasteiger partial charge in [-0.05, 0) is 22.0 Å². The average Bonchev–Trinajstić information content (AvgIpc) is 2.88. The van der Waals surface area contributed by atoms with Crippen LogP contribution in [-0.4, -0.2) is 54.1 Å². The Morgan fingerprint density at radius 1 is 1.21 bits per heavy atom. The van der Waals surface area contributed by atoms with Gasteiger partial charge >= 0.3 is 0 Å². The standard InChI is InChI=1S/C13H20BrN5O3SSi/c1-23(20,21)13-17-12(11-15-7-10(14)8-16-11)18-19(13)9-22-5-6-24(2,3)4/h7-8H,5-6,9H2,1-4H3. The van der Waals surface area contributed by atoms with Crippen molar-refractivity contribution in [2.24, 2.45) is 0 Å². The van der Waals surface area contributed by atoms with Gasteiger partial charge in [-0.1, -0.05) is 19.6 Å². The van der Waals surface area contributed by atoms with E-state index < -0.39 is 17.9 Å². The highest BCUT2D eigenvalue weighted by Gasteiger charge is 2.21. The van der Waals surface area contributed by atoms with Crippen molar-refractivity contribution in [2.45, 2.75) is 37.6 Å². The fraction of sp³-hybridized carbons (Fsp3) is 0.538. The Bertz CT molecular complexity index is 802. The molecular formula is C13H20BrN5O3SSi. The normalized spacial score (nSPS) is 12.5. The molecule has 2 rings (SSSR count). The third-order valence-electron chi connectivity index (χ3n) is 3.00. The summed E-state index contributed by atoms with van der Waals surface area (Å²) in [6.45, 7) is 7.32. The Balaban J connectivity index is 2.21. The second kappa shape index (κ2) is 7.38. The molecule has 0 saturated carbocycles. The molecule has 0 atom stereocenters. The van der Waals surface area contributed by atoms with E-state index in [1.165, 1.54) is 4.68 Å². The largest absolute Gasteiger partial charge is 0.359 e. The summed E-state index contributed by atoms with van der Waals surface area (Å²) in [4.78, 5) is 12.2. The van der Waals surface area contributed by atoms with Gasteiger partial charge in [0.2, 0.25) is 20.8 Å². The van der Waals surface area contributed by atoms with E-state index in [0.29, 0.717) is 11.1 Å². The highest BCUT2D eigenvalue weighted by Crippen LogP contribution is 2.16. The van der Waals surface area contributed by atoms with Gasteiger partial charge in [-0.3, -0.25) is 0 Å². The van der Waals surface area contributed by atoms with Gasteiger partial charge in [-0.2, -0.15) is 4.98 Å². The van der Waals surface area contributed by atoms with Crippen LogP contribution in [0.15, 0.2) is 22.0 Å². The van der Waals surface area contributed by atoms with E-state index in [9.17, 15) is 8.42 Å². The lowest BCUT2D eigenvalue weighted by Crippen LogP contribution is -2.22. The summed E-state index contributed by atoms with van der Waals surface area (Å²) >= 11 is 3.24. The Kier molecular flexibility index (Phi) is 5.89. The van der Waals surface area contributed by atoms with Crippen LogP contribution in [0.2, 0.25) is 25.7 Å². The topological polar surface area (TPSA) is 99.9 Å². The molecule has 0 spiro atoms. The number of sulfone groups is 1. The predicted octanol–water partition coefficient (Wildman–Crippen LogP) is 2.21. The summed E-state index contributed by atoms with van der Waals surface area (Å²) in [5, 5.41) is 4.03. The second-order valence-electron chi connectivity index (χ2n) is 6.56. The summed E-state index contributed by atoms with van der Waals surface area (Å²) in [5.74, 6) is 0.403. The number of hydrogen-bond donors (Lipinski definition) is 0. The summed E-state index contributed by atoms with van der Waals surface area (Å²) in [6.07, 6.45) is 4.18. The van der Waals surface area contributed by atoms with Crippen molar-refractivity contribution >= 4 is 33.8 Å². The zero-order valence-electron chi connectivity index (χ0n) is 14.0. The van der Waals surface area contributed by atoms with Crippen molar-refractivity contribution in [3.63, 3.8) is 0 Å². The van der Waals surface area contributed by atoms with E-state index in [-0.39, 0.29) is 23.5 Å². The van der Waals surface area contributed by atoms with Crippen molar-refractivity contribution < 1.29 is 13.2 Å². The van der Waals surface area contributed by atoms with E-state index in [2.05, 4.69) is 55.6 Å². The molecule has 0 aromatic carbocycles. The van der Waals surface area contributed by atoms with Crippen LogP contribution in [0.3, 0.4) is 0 Å². The van der Waals surface area contributed by atoms with Gasteiger partial charge in [0.1, 0.15) is 6.73 Å². The monoisotopic (exact) mass is 433 g/mol. The van der Waals surface area contributed by atoms with Crippen molar-refractivity contribution in [2.75, 3.05) is 12.9 Å². The van der Waals surface area contributed by atoms with E-state index in [1.807, 2.05) is 0 Å². The molecule has 0 radical (unpaired) electrons. The van der Waals surface area contributed by atoms with E-state index in [0.717, 1.165) is 12.3 Å². The number of nitrogens with zero attached hydrogens (tertiary/aromatic N) is 5. The number of rotatable bonds is 7. The lowest BCUT2D eigenvalue weighted by molar-refractivity contribution is 0.0715. The van der Waals surface area contributed by atoms with Gasteiger partial charge in [0.05, 0.1) is 4.47 Å². The van der Waals surface area contributed by atoms with Gasteiger partial charge in [0.15, 0.2) is 5.82 Å². The van der Waals surface area contributed by atoms with Crippen molar-refractivity contribution in [3.8, 4) is 11.6 Å². The Morgan fingerprint density at radius 2 is 1.83 bits per heavy atom. The van der Waals surface area contributed by atoms with Crippen LogP contribution in [0.4, 0.5) is 0 Å². The van der Waals surface area contributed by atoms with Gasteiger partial charge < -0.3 is 4.74 Å². The van der Waals surface area contributed by atoms with Crippen LogP contribution in [0, 0.1) is 0 Å². The molecule has 0 aliphatic carbocycles. The smallest absolute Gasteiger partial charge is 0.248 e. The van der Waals surface area contributed by atoms with Crippen molar-refractivity contribution in [3.05, 3.63) is 16.9 Å². The van der Waals surface area contributed by atoms with Crippen LogP contribution in [0.1, 0.15) is 0 Å². The van der Waals surface area contributed by atoms with Crippen LogP contribution >= 0.6 is 15.9 Å². The zero-order chi connectivity index (χ0) is 18.0. The molecule has 132 valence electrons. The first-order valence-corrected chi connectivity index (χ1v) is 13.7. The molecule has 0 bridgehead atoms. The first kappa shape index (κ1) is 19.2. The van der Waals surface area contributed by atoms with Gasteiger partial charge in [0, 0.05) is 33.3 Å². The summed E-state index contributed by atoms with van der Waals surface area (Å²) < 4.78 is 31.4. The first-order chi connectivity index (χ1) is 11.1. The summed E-state index contributed by atoms with van der Waals surface area (Å²) in [7, 11) is -4.75. The number of ether oxygens (including phenoxy) is 1. The number of aromatic nitrogens is 5. The van der Waals surface area contributed by atoms with Gasteiger partial charge in [-0.15, -0.1) is 5.10 Å². The fourth-order valence-corrected chi connectivity index (χ4v) is 3.43. The van der Waals surface area contributed by atoms with E-state index in [1.54, 1.807) is 12.4 Å². The third-order valence-corrected chi connectivity index (χ3v) is 6.08. The number of hydrogen-bond acceptors (Lipinski definition) is 7. The molecule has 24 heavy (non-hydrogen) atoms. The molecule has 2 aromatic rings. The molecular weight excluding hydrogens is 414 g/mol. The quantitative estimate of drug-likeness (QED) is 0.487. The Morgan fingerprint density at radius 3 is 2.38 bits per heavy atom. The molecule has 0 unspecified atom stereocenters. The van der Waals surface area contributed by atoms with Gasteiger partial charge in [0.25, 0.3) is 0 Å². The zero-order valence-corrected chi connectivity index (χ0v) is 17.4. The van der Waals surface area contributed by atoms with E-state index >= 15 is 0 Å². The highest BCUT2D eigenvalue weighted by atomic mass is 79.9. The minimum atomic E-state index is -3.54. The average molecular weight is 434 g/mol. The molecule has 0 fully saturated rings. The Labute approximate surface area is 150 Å². The maximum atomic E-state index is 11.9. The molecule has 0 N–H and O–H groups in total. The molecule has 2 aromatic heterocycles. The SMILES string of the molecule is C[Si](C)(C)CCOCn1nc(-c2ncc(Br)cn2)nc1S(C)(=O)=O. The molecule has 0 saturated heterocycles. The number of halogens is 1. The first-order valence-electron chi connectivity index (χ1n) is 7.27. The minimum absolute atomic E-state index is 0.0242. The molecule has 0 amide bonds. The maximum absolute atomic E-state index is 11.9. The van der Waals surface area contributed by atoms with Gasteiger partial charge in [-0.25, -0.2) is 23.1 Å². The molecule has 8 nitrogen and oxygen atoms in total. The Hall–Kier alpha value is -1.17. The third kappa shape index (κ3) is 5.43. The van der Waals surface area contributed by atoms with Crippen LogP contribution < -0.4 is 0 Å². The van der Waals surface area contributed by atoms with Crippen LogP contribution in [0.5, 0.6) is 0 Å². The molecule has 0 aliphatic heterocycles. The maximum Gasteiger partial charge on any atom is 0.248 e. The van der Waals surface area contributed by atoms with Crippen LogP contribution in [0.25, 0.3) is 11.6 Å². The van der Waals surface area contributed by atoms with Crippen molar-refractivity contribution in [1.82, 2.24) is 24.7 Å². The minimum Gasteiger partial charge on any atom is -0.359 e. The molecule has 0 aliphatic rings. The fourth-order valence-electron chi connectivity index (χ4n) is 1.74. The van der Waals surface area contributed by atoms with E-state index in [4.69, 9.17) is 4.74 Å². The lowest BCUT2D eigenvalue weighted by Gasteiger charge is -2.15. The second-order valence-corrected chi connectivity index (χ2v) is 15.0. The molecule has 11 heteroatoms. The summed E-state index contributed by atoms with van der Waals surface area (Å²) in [5.41, 5.74) is 0. The summed E-state index contributed by atoms with van der Waals surface area (Å²) in [6, 6.07) is 0.985. The molecule has 2 heterocycles. The predicted molar refractivity (Wildman–Crippen MR) is 96.0 cm³/mol. The van der Waals surface area contributed by atoms with Crippen molar-refractivity contribution in [1.29, 1.82) is 0 Å². The highest BCUT2D eigenvalue weighted by molar-refractivity contribution is 9.10.